The van der Waals surface area contributed by atoms with Gasteiger partial charge in [0.05, 0.1) is 15.7 Å². The Balaban J connectivity index is 1.79. The van der Waals surface area contributed by atoms with E-state index in [-0.39, 0.29) is 22.3 Å². The number of carbonyl (C=O) groups excluding carboxylic acids is 3. The Morgan fingerprint density at radius 1 is 1.00 bits per heavy atom. The first-order valence-corrected chi connectivity index (χ1v) is 8.37. The highest BCUT2D eigenvalue weighted by atomic mass is 35.5. The lowest BCUT2D eigenvalue weighted by Gasteiger charge is -2.10. The Morgan fingerprint density at radius 2 is 1.65 bits per heavy atom. The van der Waals surface area contributed by atoms with E-state index in [0.717, 1.165) is 5.56 Å². The lowest BCUT2D eigenvalue weighted by molar-refractivity contribution is -0.146. The standard InChI is InChI=1S/C18H16Cl2N2O4/c1-11-5-2-3-6-12(11)18(25)21-9-16(24)26-10-15(23)22-17-13(19)7-4-8-14(17)20/h2-8H,9-10H2,1H3,(H,21,25)(H,22,23). The smallest absolute Gasteiger partial charge is 0.325 e. The quantitative estimate of drug-likeness (QED) is 0.736. The molecule has 0 atom stereocenters. The third-order valence-electron chi connectivity index (χ3n) is 3.37. The van der Waals surface area contributed by atoms with Crippen molar-refractivity contribution in [2.45, 2.75) is 6.92 Å². The molecule has 0 aliphatic carbocycles. The van der Waals surface area contributed by atoms with Gasteiger partial charge in [0, 0.05) is 5.56 Å². The van der Waals surface area contributed by atoms with Crippen molar-refractivity contribution in [3.8, 4) is 0 Å². The number of anilines is 1. The normalized spacial score (nSPS) is 10.1. The first-order valence-electron chi connectivity index (χ1n) is 7.62. The number of hydrogen-bond acceptors (Lipinski definition) is 4. The topological polar surface area (TPSA) is 84.5 Å². The van der Waals surface area contributed by atoms with Gasteiger partial charge in [-0.05, 0) is 30.7 Å². The Morgan fingerprint density at radius 3 is 2.31 bits per heavy atom. The molecule has 0 heterocycles. The van der Waals surface area contributed by atoms with E-state index in [0.29, 0.717) is 5.56 Å². The number of rotatable bonds is 6. The lowest BCUT2D eigenvalue weighted by atomic mass is 10.1. The summed E-state index contributed by atoms with van der Waals surface area (Å²) in [7, 11) is 0. The molecule has 0 unspecified atom stereocenters. The zero-order valence-electron chi connectivity index (χ0n) is 13.8. The molecule has 136 valence electrons. The molecule has 8 heteroatoms. The molecule has 0 aliphatic rings. The third-order valence-corrected chi connectivity index (χ3v) is 4.00. The molecule has 0 saturated heterocycles. The van der Waals surface area contributed by atoms with Crippen LogP contribution in [0.3, 0.4) is 0 Å². The Bertz CT molecular complexity index is 819. The second-order valence-electron chi connectivity index (χ2n) is 5.30. The molecule has 0 bridgehead atoms. The highest BCUT2D eigenvalue weighted by molar-refractivity contribution is 6.39. The molecule has 2 aromatic rings. The van der Waals surface area contributed by atoms with Crippen LogP contribution >= 0.6 is 23.2 Å². The van der Waals surface area contributed by atoms with Crippen molar-refractivity contribution in [1.82, 2.24) is 5.32 Å². The van der Waals surface area contributed by atoms with Crippen molar-refractivity contribution >= 4 is 46.7 Å². The predicted octanol–water partition coefficient (Wildman–Crippen LogP) is 3.21. The fourth-order valence-corrected chi connectivity index (χ4v) is 2.56. The van der Waals surface area contributed by atoms with Gasteiger partial charge < -0.3 is 15.4 Å². The minimum Gasteiger partial charge on any atom is -0.454 e. The van der Waals surface area contributed by atoms with Gasteiger partial charge in [-0.1, -0.05) is 47.5 Å². The van der Waals surface area contributed by atoms with Crippen LogP contribution < -0.4 is 10.6 Å². The van der Waals surface area contributed by atoms with E-state index in [1.54, 1.807) is 43.3 Å². The number of aryl methyl sites for hydroxylation is 1. The minimum absolute atomic E-state index is 0.240. The zero-order valence-corrected chi connectivity index (χ0v) is 15.4. The van der Waals surface area contributed by atoms with Crippen molar-refractivity contribution in [3.05, 3.63) is 63.6 Å². The second-order valence-corrected chi connectivity index (χ2v) is 6.12. The van der Waals surface area contributed by atoms with E-state index in [1.807, 2.05) is 6.07 Å². The van der Waals surface area contributed by atoms with Crippen LogP contribution in [0, 0.1) is 6.92 Å². The molecule has 2 N–H and O–H groups in total. The third kappa shape index (κ3) is 5.47. The summed E-state index contributed by atoms with van der Waals surface area (Å²) in [6.07, 6.45) is 0. The van der Waals surface area contributed by atoms with Gasteiger partial charge in [-0.25, -0.2) is 0 Å². The number of carbonyl (C=O) groups is 3. The van der Waals surface area contributed by atoms with Gasteiger partial charge >= 0.3 is 5.97 Å². The average molecular weight is 395 g/mol. The van der Waals surface area contributed by atoms with Crippen LogP contribution in [0.1, 0.15) is 15.9 Å². The number of para-hydroxylation sites is 1. The van der Waals surface area contributed by atoms with Crippen LogP contribution in [0.4, 0.5) is 5.69 Å². The van der Waals surface area contributed by atoms with Crippen LogP contribution in [-0.4, -0.2) is 30.9 Å². The summed E-state index contributed by atoms with van der Waals surface area (Å²) in [5, 5.41) is 5.44. The summed E-state index contributed by atoms with van der Waals surface area (Å²) in [5.74, 6) is -1.74. The number of nitrogens with one attached hydrogen (secondary N) is 2. The molecule has 0 saturated carbocycles. The van der Waals surface area contributed by atoms with Gasteiger partial charge in [0.15, 0.2) is 6.61 Å². The summed E-state index contributed by atoms with van der Waals surface area (Å²) in [5.41, 5.74) is 1.49. The van der Waals surface area contributed by atoms with Crippen molar-refractivity contribution in [2.75, 3.05) is 18.5 Å². The van der Waals surface area contributed by atoms with Crippen LogP contribution in [0.15, 0.2) is 42.5 Å². The van der Waals surface area contributed by atoms with Gasteiger partial charge in [-0.3, -0.25) is 14.4 Å². The maximum absolute atomic E-state index is 12.0. The summed E-state index contributed by atoms with van der Waals surface area (Å²) in [4.78, 5) is 35.5. The highest BCUT2D eigenvalue weighted by Crippen LogP contribution is 2.29. The molecule has 2 rings (SSSR count). The molecule has 2 aromatic carbocycles. The van der Waals surface area contributed by atoms with Gasteiger partial charge in [-0.2, -0.15) is 0 Å². The number of amides is 2. The molecular weight excluding hydrogens is 379 g/mol. The van der Waals surface area contributed by atoms with E-state index in [4.69, 9.17) is 27.9 Å². The van der Waals surface area contributed by atoms with E-state index in [2.05, 4.69) is 10.6 Å². The van der Waals surface area contributed by atoms with Crippen LogP contribution in [0.25, 0.3) is 0 Å². The minimum atomic E-state index is -0.743. The maximum atomic E-state index is 12.0. The Kier molecular flexibility index (Phi) is 7.00. The highest BCUT2D eigenvalue weighted by Gasteiger charge is 2.14. The van der Waals surface area contributed by atoms with Crippen molar-refractivity contribution in [2.24, 2.45) is 0 Å². The fraction of sp³-hybridized carbons (Fsp3) is 0.167. The SMILES string of the molecule is Cc1ccccc1C(=O)NCC(=O)OCC(=O)Nc1c(Cl)cccc1Cl. The first-order chi connectivity index (χ1) is 12.4. The zero-order chi connectivity index (χ0) is 19.1. The number of halogens is 2. The molecule has 26 heavy (non-hydrogen) atoms. The molecule has 0 aliphatic heterocycles. The van der Waals surface area contributed by atoms with Gasteiger partial charge in [0.25, 0.3) is 11.8 Å². The molecule has 2 amide bonds. The molecule has 0 radical (unpaired) electrons. The van der Waals surface area contributed by atoms with E-state index in [9.17, 15) is 14.4 Å². The van der Waals surface area contributed by atoms with Gasteiger partial charge in [-0.15, -0.1) is 0 Å². The van der Waals surface area contributed by atoms with Gasteiger partial charge in [0.1, 0.15) is 6.54 Å². The van der Waals surface area contributed by atoms with Crippen molar-refractivity contribution in [1.29, 1.82) is 0 Å². The molecule has 0 spiro atoms. The van der Waals surface area contributed by atoms with Crippen molar-refractivity contribution in [3.63, 3.8) is 0 Å². The molecule has 6 nitrogen and oxygen atoms in total. The first kappa shape index (κ1) is 19.8. The molecular formula is C18H16Cl2N2O4. The van der Waals surface area contributed by atoms with E-state index >= 15 is 0 Å². The van der Waals surface area contributed by atoms with Gasteiger partial charge in [0.2, 0.25) is 0 Å². The second kappa shape index (κ2) is 9.22. The van der Waals surface area contributed by atoms with E-state index in [1.165, 1.54) is 0 Å². The largest absolute Gasteiger partial charge is 0.454 e. The number of hydrogen-bond donors (Lipinski definition) is 2. The summed E-state index contributed by atoms with van der Waals surface area (Å²) in [6.45, 7) is 0.908. The number of benzene rings is 2. The monoisotopic (exact) mass is 394 g/mol. The average Bonchev–Trinajstić information content (AvgIpc) is 2.61. The summed E-state index contributed by atoms with van der Waals surface area (Å²) < 4.78 is 4.82. The van der Waals surface area contributed by atoms with Crippen LogP contribution in [-0.2, 0) is 14.3 Å². The number of ether oxygens (including phenoxy) is 1. The van der Waals surface area contributed by atoms with E-state index < -0.39 is 24.4 Å². The maximum Gasteiger partial charge on any atom is 0.325 e. The van der Waals surface area contributed by atoms with Crippen LogP contribution in [0.5, 0.6) is 0 Å². The summed E-state index contributed by atoms with van der Waals surface area (Å²) >= 11 is 11.9. The lowest BCUT2D eigenvalue weighted by Crippen LogP contribution is -2.32. The van der Waals surface area contributed by atoms with Crippen molar-refractivity contribution < 1.29 is 19.1 Å². The number of esters is 1. The molecule has 0 fully saturated rings. The Labute approximate surface area is 160 Å². The van der Waals surface area contributed by atoms with Crippen LogP contribution in [0.2, 0.25) is 10.0 Å². The molecule has 0 aromatic heterocycles. The Hall–Kier alpha value is -2.57. The predicted molar refractivity (Wildman–Crippen MR) is 99.6 cm³/mol. The fourth-order valence-electron chi connectivity index (χ4n) is 2.07. The summed E-state index contributed by atoms with van der Waals surface area (Å²) in [6, 6.07) is 11.7.